The maximum absolute atomic E-state index is 14.5. The summed E-state index contributed by atoms with van der Waals surface area (Å²) in [7, 11) is 0. The Labute approximate surface area is 150 Å². The van der Waals surface area contributed by atoms with E-state index in [4.69, 9.17) is 4.74 Å². The molecule has 1 heterocycles. The number of amides is 1. The maximum atomic E-state index is 14.5. The summed E-state index contributed by atoms with van der Waals surface area (Å²) in [4.78, 5) is 15.9. The molecular formula is C19H34F2N2O2. The van der Waals surface area contributed by atoms with Gasteiger partial charge in [-0.15, -0.1) is 0 Å². The minimum absolute atomic E-state index is 0.0806. The second kappa shape index (κ2) is 8.76. The van der Waals surface area contributed by atoms with Gasteiger partial charge < -0.3 is 9.64 Å². The van der Waals surface area contributed by atoms with Crippen molar-refractivity contribution in [3.63, 3.8) is 0 Å². The number of hydrogen-bond donors (Lipinski definition) is 0. The molecule has 2 fully saturated rings. The summed E-state index contributed by atoms with van der Waals surface area (Å²) in [6.45, 7) is 10.3. The highest BCUT2D eigenvalue weighted by atomic mass is 19.3. The predicted octanol–water partition coefficient (Wildman–Crippen LogP) is 3.55. The molecule has 0 atom stereocenters. The minimum atomic E-state index is -3.24. The van der Waals surface area contributed by atoms with Crippen molar-refractivity contribution in [3.8, 4) is 0 Å². The third-order valence-electron chi connectivity index (χ3n) is 5.45. The number of ether oxygens (including phenoxy) is 1. The van der Waals surface area contributed by atoms with Crippen LogP contribution in [0.4, 0.5) is 8.78 Å². The SMILES string of the molecule is CC(C)O[C@H]1CC[C@H](CC(F)(F)C(=O)N2CCN(C(C)C)CC2)CC1. The van der Waals surface area contributed by atoms with Gasteiger partial charge in [-0.25, -0.2) is 0 Å². The highest BCUT2D eigenvalue weighted by molar-refractivity contribution is 5.83. The highest BCUT2D eigenvalue weighted by Gasteiger charge is 2.45. The number of halogens is 2. The van der Waals surface area contributed by atoms with Gasteiger partial charge in [-0.05, 0) is 59.3 Å². The van der Waals surface area contributed by atoms with Gasteiger partial charge in [0.25, 0.3) is 5.91 Å². The summed E-state index contributed by atoms with van der Waals surface area (Å²) >= 11 is 0. The molecule has 0 aromatic carbocycles. The van der Waals surface area contributed by atoms with Crippen LogP contribution in [0, 0.1) is 5.92 Å². The van der Waals surface area contributed by atoms with Gasteiger partial charge in [0.15, 0.2) is 0 Å². The Kier molecular flexibility index (Phi) is 7.20. The molecule has 4 nitrogen and oxygen atoms in total. The first-order chi connectivity index (χ1) is 11.7. The van der Waals surface area contributed by atoms with Crippen molar-refractivity contribution in [2.45, 2.75) is 84.0 Å². The van der Waals surface area contributed by atoms with Crippen LogP contribution in [0.15, 0.2) is 0 Å². The first-order valence-electron chi connectivity index (χ1n) is 9.75. The summed E-state index contributed by atoms with van der Waals surface area (Å²) in [6.07, 6.45) is 3.13. The molecule has 0 aromatic rings. The molecule has 1 aliphatic heterocycles. The molecule has 0 aromatic heterocycles. The van der Waals surface area contributed by atoms with Crippen LogP contribution in [0.25, 0.3) is 0 Å². The third-order valence-corrected chi connectivity index (χ3v) is 5.45. The zero-order valence-corrected chi connectivity index (χ0v) is 16.1. The number of rotatable bonds is 6. The van der Waals surface area contributed by atoms with Gasteiger partial charge >= 0.3 is 5.92 Å². The number of nitrogens with zero attached hydrogens (tertiary/aromatic N) is 2. The van der Waals surface area contributed by atoms with Crippen LogP contribution in [0.3, 0.4) is 0 Å². The summed E-state index contributed by atoms with van der Waals surface area (Å²) in [5, 5.41) is 0. The van der Waals surface area contributed by atoms with Crippen molar-refractivity contribution >= 4 is 5.91 Å². The fraction of sp³-hybridized carbons (Fsp3) is 0.947. The fourth-order valence-electron chi connectivity index (χ4n) is 3.98. The molecule has 0 spiro atoms. The number of alkyl halides is 2. The van der Waals surface area contributed by atoms with E-state index in [9.17, 15) is 13.6 Å². The molecule has 2 rings (SSSR count). The lowest BCUT2D eigenvalue weighted by atomic mass is 9.83. The van der Waals surface area contributed by atoms with Gasteiger partial charge in [0.1, 0.15) is 0 Å². The molecule has 25 heavy (non-hydrogen) atoms. The standard InChI is InChI=1S/C19H34F2N2O2/c1-14(2)22-9-11-23(12-10-22)18(24)19(20,21)13-16-5-7-17(8-6-16)25-15(3)4/h14-17H,5-13H2,1-4H3/t16-,17-. The van der Waals surface area contributed by atoms with E-state index in [1.54, 1.807) is 0 Å². The Bertz CT molecular complexity index is 427. The predicted molar refractivity (Wildman–Crippen MR) is 94.8 cm³/mol. The lowest BCUT2D eigenvalue weighted by molar-refractivity contribution is -0.162. The molecule has 1 saturated carbocycles. The number of carbonyl (C=O) groups excluding carboxylic acids is 1. The molecule has 0 N–H and O–H groups in total. The largest absolute Gasteiger partial charge is 0.376 e. The summed E-state index contributed by atoms with van der Waals surface area (Å²) in [5.74, 6) is -4.30. The monoisotopic (exact) mass is 360 g/mol. The number of hydrogen-bond acceptors (Lipinski definition) is 3. The van der Waals surface area contributed by atoms with Crippen LogP contribution in [-0.2, 0) is 9.53 Å². The van der Waals surface area contributed by atoms with Crippen LogP contribution in [-0.4, -0.2) is 66.1 Å². The molecule has 1 amide bonds. The second-order valence-electron chi connectivity index (χ2n) is 8.16. The van der Waals surface area contributed by atoms with Crippen LogP contribution >= 0.6 is 0 Å². The van der Waals surface area contributed by atoms with Gasteiger partial charge in [-0.3, -0.25) is 9.69 Å². The maximum Gasteiger partial charge on any atom is 0.325 e. The van der Waals surface area contributed by atoms with E-state index >= 15 is 0 Å². The highest BCUT2D eigenvalue weighted by Crippen LogP contribution is 2.35. The molecule has 1 aliphatic carbocycles. The minimum Gasteiger partial charge on any atom is -0.376 e. The Balaban J connectivity index is 1.80. The second-order valence-corrected chi connectivity index (χ2v) is 8.16. The first-order valence-corrected chi connectivity index (χ1v) is 9.75. The van der Waals surface area contributed by atoms with Crippen molar-refractivity contribution in [2.75, 3.05) is 26.2 Å². The Hall–Kier alpha value is -0.750. The van der Waals surface area contributed by atoms with Gasteiger partial charge in [0, 0.05) is 38.6 Å². The smallest absolute Gasteiger partial charge is 0.325 e. The normalized spacial score (nSPS) is 26.5. The van der Waals surface area contributed by atoms with Gasteiger partial charge in [-0.1, -0.05) is 0 Å². The van der Waals surface area contributed by atoms with E-state index in [-0.39, 0.29) is 24.5 Å². The lowest BCUT2D eigenvalue weighted by Crippen LogP contribution is -2.54. The molecule has 146 valence electrons. The van der Waals surface area contributed by atoms with E-state index in [1.807, 2.05) is 13.8 Å². The number of piperazine rings is 1. The number of carbonyl (C=O) groups is 1. The van der Waals surface area contributed by atoms with Crippen LogP contribution < -0.4 is 0 Å². The average Bonchev–Trinajstić information content (AvgIpc) is 2.55. The fourth-order valence-corrected chi connectivity index (χ4v) is 3.98. The summed E-state index contributed by atoms with van der Waals surface area (Å²) < 4.78 is 34.8. The molecule has 6 heteroatoms. The molecule has 0 bridgehead atoms. The summed E-state index contributed by atoms with van der Waals surface area (Å²) in [6, 6.07) is 0.390. The molecule has 0 radical (unpaired) electrons. The molecule has 2 aliphatic rings. The van der Waals surface area contributed by atoms with E-state index < -0.39 is 11.8 Å². The van der Waals surface area contributed by atoms with Crippen LogP contribution in [0.2, 0.25) is 0 Å². The van der Waals surface area contributed by atoms with Gasteiger partial charge in [0.05, 0.1) is 12.2 Å². The van der Waals surface area contributed by atoms with E-state index in [2.05, 4.69) is 18.7 Å². The van der Waals surface area contributed by atoms with Gasteiger partial charge in [-0.2, -0.15) is 8.78 Å². The Morgan fingerprint density at radius 2 is 1.60 bits per heavy atom. The molecular weight excluding hydrogens is 326 g/mol. The van der Waals surface area contributed by atoms with Crippen LogP contribution in [0.5, 0.6) is 0 Å². The van der Waals surface area contributed by atoms with E-state index in [0.717, 1.165) is 25.7 Å². The average molecular weight is 360 g/mol. The Morgan fingerprint density at radius 1 is 1.04 bits per heavy atom. The van der Waals surface area contributed by atoms with Crippen molar-refractivity contribution < 1.29 is 18.3 Å². The Morgan fingerprint density at radius 3 is 2.08 bits per heavy atom. The van der Waals surface area contributed by atoms with Crippen molar-refractivity contribution in [3.05, 3.63) is 0 Å². The van der Waals surface area contributed by atoms with Gasteiger partial charge in [0.2, 0.25) is 0 Å². The first kappa shape index (κ1) is 20.6. The molecule has 0 unspecified atom stereocenters. The van der Waals surface area contributed by atoms with E-state index in [0.29, 0.717) is 32.2 Å². The van der Waals surface area contributed by atoms with Crippen molar-refractivity contribution in [1.82, 2.24) is 9.80 Å². The van der Waals surface area contributed by atoms with Crippen molar-refractivity contribution in [1.29, 1.82) is 0 Å². The molecule has 1 saturated heterocycles. The van der Waals surface area contributed by atoms with Crippen molar-refractivity contribution in [2.24, 2.45) is 5.92 Å². The topological polar surface area (TPSA) is 32.8 Å². The zero-order chi connectivity index (χ0) is 18.6. The lowest BCUT2D eigenvalue weighted by Gasteiger charge is -2.38. The quantitative estimate of drug-likeness (QED) is 0.726. The zero-order valence-electron chi connectivity index (χ0n) is 16.1. The van der Waals surface area contributed by atoms with Crippen LogP contribution in [0.1, 0.15) is 59.8 Å². The summed E-state index contributed by atoms with van der Waals surface area (Å²) in [5.41, 5.74) is 0. The van der Waals surface area contributed by atoms with E-state index in [1.165, 1.54) is 4.90 Å². The third kappa shape index (κ3) is 5.88.